The minimum Gasteiger partial charge on any atom is -0.490 e. The second-order valence-corrected chi connectivity index (χ2v) is 13.2. The number of fused-ring (bicyclic) bond motifs is 1. The van der Waals surface area contributed by atoms with Gasteiger partial charge in [-0.25, -0.2) is 9.78 Å². The van der Waals surface area contributed by atoms with Crippen LogP contribution >= 0.6 is 0 Å². The Morgan fingerprint density at radius 3 is 2.18 bits per heavy atom. The molecule has 1 aromatic heterocycles. The molecule has 14 nitrogen and oxygen atoms in total. The van der Waals surface area contributed by atoms with Crippen molar-refractivity contribution in [1.82, 2.24) is 14.5 Å². The van der Waals surface area contributed by atoms with Crippen LogP contribution in [0.2, 0.25) is 0 Å². The average molecular weight is 694 g/mol. The van der Waals surface area contributed by atoms with Crippen LogP contribution < -0.4 is 26.8 Å². The quantitative estimate of drug-likeness (QED) is 0.0974. The zero-order valence-corrected chi connectivity index (χ0v) is 28.3. The van der Waals surface area contributed by atoms with Crippen molar-refractivity contribution < 1.29 is 24.2 Å². The summed E-state index contributed by atoms with van der Waals surface area (Å²) in [5, 5.41) is 25.6. The monoisotopic (exact) mass is 693 g/mol. The zero-order chi connectivity index (χ0) is 36.2. The van der Waals surface area contributed by atoms with E-state index in [1.807, 2.05) is 4.57 Å². The van der Waals surface area contributed by atoms with Gasteiger partial charge >= 0.3 is 5.97 Å². The first-order chi connectivity index (χ1) is 24.5. The van der Waals surface area contributed by atoms with Crippen LogP contribution in [-0.4, -0.2) is 68.3 Å². The molecule has 0 bridgehead atoms. The van der Waals surface area contributed by atoms with Gasteiger partial charge in [0.2, 0.25) is 5.91 Å². The van der Waals surface area contributed by atoms with E-state index in [0.29, 0.717) is 59.8 Å². The van der Waals surface area contributed by atoms with Crippen LogP contribution in [0, 0.1) is 16.7 Å². The third-order valence-electron chi connectivity index (χ3n) is 9.91. The lowest BCUT2D eigenvalue weighted by atomic mass is 9.83. The van der Waals surface area contributed by atoms with Crippen molar-refractivity contribution in [3.05, 3.63) is 89.2 Å². The standard InChI is InChI=1S/C37H43N9O5/c38-33(39)23-10-15-30-29(20-23)43-31(46(30)32(34(40)47)22-6-2-1-3-7-22)21-45(35(48)27-8-4-5-9-28(27)36(49)50)24-11-13-25(14-12-24)51-26-16-18-44(19-17-26)37(41)42/h4-5,8-15,20,22,26,32H,1-3,6-7,16-19,21H2,(H3,38,39)(H2,40,47)(H3,41,42)(H,49,50). The molecule has 1 saturated carbocycles. The molecule has 1 unspecified atom stereocenters. The molecule has 2 fully saturated rings. The van der Waals surface area contributed by atoms with E-state index >= 15 is 0 Å². The van der Waals surface area contributed by atoms with Crippen molar-refractivity contribution in [3.63, 3.8) is 0 Å². The Balaban J connectivity index is 1.42. The van der Waals surface area contributed by atoms with E-state index in [9.17, 15) is 19.5 Å². The number of ether oxygens (including phenoxy) is 1. The highest BCUT2D eigenvalue weighted by molar-refractivity contribution is 6.12. The van der Waals surface area contributed by atoms with Gasteiger partial charge in [-0.05, 0) is 73.4 Å². The molecule has 266 valence electrons. The maximum Gasteiger partial charge on any atom is 0.336 e. The summed E-state index contributed by atoms with van der Waals surface area (Å²) in [4.78, 5) is 48.1. The molecule has 14 heteroatoms. The minimum absolute atomic E-state index is 0.0113. The number of anilines is 1. The van der Waals surface area contributed by atoms with E-state index in [1.165, 1.54) is 17.0 Å². The molecule has 0 spiro atoms. The molecule has 0 radical (unpaired) electrons. The van der Waals surface area contributed by atoms with Gasteiger partial charge in [-0.2, -0.15) is 0 Å². The molecule has 1 aliphatic heterocycles. The number of guanidine groups is 1. The highest BCUT2D eigenvalue weighted by atomic mass is 16.5. The van der Waals surface area contributed by atoms with Crippen LogP contribution in [0.3, 0.4) is 0 Å². The number of carbonyl (C=O) groups excluding carboxylic acids is 2. The summed E-state index contributed by atoms with van der Waals surface area (Å²) in [6, 6.07) is 17.4. The Morgan fingerprint density at radius 2 is 1.57 bits per heavy atom. The largest absolute Gasteiger partial charge is 0.490 e. The molecule has 1 saturated heterocycles. The molecule has 6 rings (SSSR count). The fraction of sp³-hybridized carbons (Fsp3) is 0.351. The lowest BCUT2D eigenvalue weighted by Gasteiger charge is -2.32. The van der Waals surface area contributed by atoms with Gasteiger partial charge in [0.15, 0.2) is 5.96 Å². The third-order valence-corrected chi connectivity index (χ3v) is 9.91. The molecule has 51 heavy (non-hydrogen) atoms. The fourth-order valence-electron chi connectivity index (χ4n) is 7.29. The van der Waals surface area contributed by atoms with E-state index < -0.39 is 23.8 Å². The van der Waals surface area contributed by atoms with E-state index in [-0.39, 0.29) is 41.5 Å². The summed E-state index contributed by atoms with van der Waals surface area (Å²) >= 11 is 0. The smallest absolute Gasteiger partial charge is 0.336 e. The van der Waals surface area contributed by atoms with Crippen LogP contribution in [0.1, 0.15) is 83.1 Å². The van der Waals surface area contributed by atoms with E-state index in [0.717, 1.165) is 32.1 Å². The number of rotatable bonds is 11. The molecule has 2 heterocycles. The number of nitrogens with one attached hydrogen (secondary N) is 2. The number of likely N-dealkylation sites (tertiary alicyclic amines) is 1. The summed E-state index contributed by atoms with van der Waals surface area (Å²) in [5.74, 6) is -1.50. The van der Waals surface area contributed by atoms with Crippen molar-refractivity contribution in [2.24, 2.45) is 23.1 Å². The summed E-state index contributed by atoms with van der Waals surface area (Å²) in [6.45, 7) is 1.11. The number of amides is 2. The first kappa shape index (κ1) is 34.9. The number of nitrogens with zero attached hydrogens (tertiary/aromatic N) is 4. The average Bonchev–Trinajstić information content (AvgIpc) is 3.48. The van der Waals surface area contributed by atoms with Gasteiger partial charge in [-0.3, -0.25) is 20.4 Å². The van der Waals surface area contributed by atoms with Crippen LogP contribution in [0.15, 0.2) is 66.7 Å². The van der Waals surface area contributed by atoms with Crippen LogP contribution in [0.25, 0.3) is 11.0 Å². The first-order valence-corrected chi connectivity index (χ1v) is 17.2. The van der Waals surface area contributed by atoms with Crippen LogP contribution in [-0.2, 0) is 11.3 Å². The predicted octanol–water partition coefficient (Wildman–Crippen LogP) is 4.21. The van der Waals surface area contributed by atoms with Gasteiger partial charge in [-0.15, -0.1) is 0 Å². The van der Waals surface area contributed by atoms with Crippen molar-refractivity contribution in [2.45, 2.75) is 63.6 Å². The Kier molecular flexibility index (Phi) is 10.2. The van der Waals surface area contributed by atoms with Crippen molar-refractivity contribution >= 4 is 46.3 Å². The van der Waals surface area contributed by atoms with E-state index in [4.69, 9.17) is 37.7 Å². The van der Waals surface area contributed by atoms with Crippen molar-refractivity contribution in [1.29, 1.82) is 10.8 Å². The second kappa shape index (κ2) is 14.9. The molecule has 9 N–H and O–H groups in total. The summed E-state index contributed by atoms with van der Waals surface area (Å²) in [5.41, 5.74) is 19.4. The molecular weight excluding hydrogens is 650 g/mol. The Bertz CT molecular complexity index is 1960. The fourth-order valence-corrected chi connectivity index (χ4v) is 7.29. The van der Waals surface area contributed by atoms with E-state index in [2.05, 4.69) is 0 Å². The molecular formula is C37H43N9O5. The maximum absolute atomic E-state index is 14.5. The summed E-state index contributed by atoms with van der Waals surface area (Å²) in [7, 11) is 0. The van der Waals surface area contributed by atoms with Gasteiger partial charge in [0.25, 0.3) is 5.91 Å². The number of benzene rings is 3. The number of aromatic nitrogens is 2. The normalized spacial score (nSPS) is 16.0. The van der Waals surface area contributed by atoms with Crippen molar-refractivity contribution in [3.8, 4) is 5.75 Å². The van der Waals surface area contributed by atoms with Crippen LogP contribution in [0.5, 0.6) is 5.75 Å². The molecule has 1 atom stereocenters. The third kappa shape index (κ3) is 7.49. The highest BCUT2D eigenvalue weighted by Gasteiger charge is 2.34. The van der Waals surface area contributed by atoms with Crippen LogP contribution in [0.4, 0.5) is 5.69 Å². The number of carbonyl (C=O) groups is 3. The second-order valence-electron chi connectivity index (χ2n) is 13.2. The molecule has 4 aromatic rings. The number of nitrogen functional groups attached to an aromatic ring is 1. The molecule has 3 aromatic carbocycles. The number of amidine groups is 1. The SMILES string of the molecule is N=C(N)c1ccc2c(c1)nc(CN(C(=O)c1ccccc1C(=O)O)c1ccc(OC3CCN(C(=N)N)CC3)cc1)n2C(C(N)=O)C1CCCCC1. The number of nitrogens with two attached hydrogens (primary N) is 3. The first-order valence-electron chi connectivity index (χ1n) is 17.2. The Labute approximate surface area is 295 Å². The zero-order valence-electron chi connectivity index (χ0n) is 28.3. The van der Waals surface area contributed by atoms with Gasteiger partial charge in [-0.1, -0.05) is 31.4 Å². The number of primary amides is 1. The van der Waals surface area contributed by atoms with Gasteiger partial charge < -0.3 is 41.4 Å². The van der Waals surface area contributed by atoms with E-state index in [1.54, 1.807) is 59.5 Å². The predicted molar refractivity (Wildman–Crippen MR) is 193 cm³/mol. The minimum atomic E-state index is -1.24. The molecule has 2 amide bonds. The lowest BCUT2D eigenvalue weighted by Crippen LogP contribution is -2.44. The van der Waals surface area contributed by atoms with Gasteiger partial charge in [0.1, 0.15) is 29.6 Å². The molecule has 1 aliphatic carbocycles. The molecule has 2 aliphatic rings. The van der Waals surface area contributed by atoms with Crippen molar-refractivity contribution in [2.75, 3.05) is 18.0 Å². The summed E-state index contributed by atoms with van der Waals surface area (Å²) in [6.07, 6.45) is 5.94. The maximum atomic E-state index is 14.5. The number of hydrogen-bond acceptors (Lipinski definition) is 7. The number of hydrogen-bond donors (Lipinski definition) is 6. The van der Waals surface area contributed by atoms with Gasteiger partial charge in [0.05, 0.1) is 28.7 Å². The number of imidazole rings is 1. The number of carboxylic acid groups (broad SMARTS) is 1. The Morgan fingerprint density at radius 1 is 0.902 bits per heavy atom. The number of piperidine rings is 1. The number of aromatic carboxylic acids is 1. The topological polar surface area (TPSA) is 231 Å². The van der Waals surface area contributed by atoms with Gasteiger partial charge in [0, 0.05) is 37.2 Å². The number of carboxylic acids is 1. The lowest BCUT2D eigenvalue weighted by molar-refractivity contribution is -0.123. The Hall–Kier alpha value is -5.92. The summed E-state index contributed by atoms with van der Waals surface area (Å²) < 4.78 is 8.04. The highest BCUT2D eigenvalue weighted by Crippen LogP contribution is 2.37.